The molecule has 142 valence electrons. The summed E-state index contributed by atoms with van der Waals surface area (Å²) in [4.78, 5) is 34.2. The second kappa shape index (κ2) is 8.08. The van der Waals surface area contributed by atoms with E-state index in [1.54, 1.807) is 11.0 Å². The summed E-state index contributed by atoms with van der Waals surface area (Å²) in [6, 6.07) is 17.4. The maximum absolute atomic E-state index is 12.5. The Labute approximate surface area is 163 Å². The number of carbonyl (C=O) groups is 2. The van der Waals surface area contributed by atoms with Crippen LogP contribution in [0.3, 0.4) is 0 Å². The molecule has 3 aromatic rings. The number of aromatic amines is 1. The number of aromatic nitrogens is 2. The summed E-state index contributed by atoms with van der Waals surface area (Å²) in [7, 11) is 0. The van der Waals surface area contributed by atoms with Crippen LogP contribution in [0.25, 0.3) is 17.1 Å². The molecule has 0 atom stereocenters. The van der Waals surface area contributed by atoms with Crippen molar-refractivity contribution in [2.45, 2.75) is 12.8 Å². The summed E-state index contributed by atoms with van der Waals surface area (Å²) >= 11 is 0. The van der Waals surface area contributed by atoms with Crippen molar-refractivity contribution in [1.29, 1.82) is 0 Å². The van der Waals surface area contributed by atoms with Crippen molar-refractivity contribution in [3.8, 4) is 0 Å². The van der Waals surface area contributed by atoms with Gasteiger partial charge in [-0.2, -0.15) is 0 Å². The SMILES string of the molecule is O=C(Nc1nc2ccccc2[nH]1)C1CCN(C(=O)/C=C/c2ccccc2)CC1. The van der Waals surface area contributed by atoms with Crippen molar-refractivity contribution in [1.82, 2.24) is 14.9 Å². The molecule has 2 heterocycles. The molecule has 1 aromatic heterocycles. The monoisotopic (exact) mass is 374 g/mol. The fraction of sp³-hybridized carbons (Fsp3) is 0.227. The second-order valence-corrected chi connectivity index (χ2v) is 6.94. The fourth-order valence-corrected chi connectivity index (χ4v) is 3.43. The number of nitrogens with one attached hydrogen (secondary N) is 2. The lowest BCUT2D eigenvalue weighted by Gasteiger charge is -2.30. The smallest absolute Gasteiger partial charge is 0.246 e. The van der Waals surface area contributed by atoms with Gasteiger partial charge in [-0.25, -0.2) is 4.98 Å². The van der Waals surface area contributed by atoms with Gasteiger partial charge in [-0.1, -0.05) is 42.5 Å². The van der Waals surface area contributed by atoms with Crippen LogP contribution in [-0.4, -0.2) is 39.8 Å². The molecule has 0 saturated carbocycles. The molecule has 1 aliphatic rings. The highest BCUT2D eigenvalue weighted by atomic mass is 16.2. The van der Waals surface area contributed by atoms with Crippen LogP contribution >= 0.6 is 0 Å². The summed E-state index contributed by atoms with van der Waals surface area (Å²) in [5.41, 5.74) is 2.71. The number of piperidine rings is 1. The average Bonchev–Trinajstić information content (AvgIpc) is 3.15. The molecule has 1 saturated heterocycles. The number of imidazole rings is 1. The lowest BCUT2D eigenvalue weighted by Crippen LogP contribution is -2.40. The Kier molecular flexibility index (Phi) is 5.19. The van der Waals surface area contributed by atoms with Crippen LogP contribution in [-0.2, 0) is 9.59 Å². The molecule has 2 amide bonds. The predicted molar refractivity (Wildman–Crippen MR) is 110 cm³/mol. The summed E-state index contributed by atoms with van der Waals surface area (Å²) < 4.78 is 0. The van der Waals surface area contributed by atoms with E-state index in [0.717, 1.165) is 16.6 Å². The first kappa shape index (κ1) is 18.0. The van der Waals surface area contributed by atoms with Crippen molar-refractivity contribution >= 4 is 34.9 Å². The number of likely N-dealkylation sites (tertiary alicyclic amines) is 1. The number of benzene rings is 2. The van der Waals surface area contributed by atoms with Gasteiger partial charge < -0.3 is 9.88 Å². The first-order valence-electron chi connectivity index (χ1n) is 9.47. The van der Waals surface area contributed by atoms with E-state index in [0.29, 0.717) is 31.9 Å². The number of rotatable bonds is 4. The Bertz CT molecular complexity index is 969. The fourth-order valence-electron chi connectivity index (χ4n) is 3.43. The van der Waals surface area contributed by atoms with E-state index in [4.69, 9.17) is 0 Å². The van der Waals surface area contributed by atoms with Gasteiger partial charge in [-0.05, 0) is 36.6 Å². The van der Waals surface area contributed by atoms with Gasteiger partial charge in [0.1, 0.15) is 0 Å². The standard InChI is InChI=1S/C22H22N4O2/c27-20(11-10-16-6-2-1-3-7-16)26-14-12-17(13-15-26)21(28)25-22-23-18-8-4-5-9-19(18)24-22/h1-11,17H,12-15H2,(H2,23,24,25,28)/b11-10+. The summed E-state index contributed by atoms with van der Waals surface area (Å²) in [6.07, 6.45) is 4.72. The molecule has 0 radical (unpaired) electrons. The van der Waals surface area contributed by atoms with Gasteiger partial charge in [0.05, 0.1) is 11.0 Å². The lowest BCUT2D eigenvalue weighted by molar-refractivity contribution is -0.130. The number of fused-ring (bicyclic) bond motifs is 1. The highest BCUT2D eigenvalue weighted by Crippen LogP contribution is 2.20. The molecular formula is C22H22N4O2. The van der Waals surface area contributed by atoms with Crippen LogP contribution < -0.4 is 5.32 Å². The maximum Gasteiger partial charge on any atom is 0.246 e. The minimum Gasteiger partial charge on any atom is -0.339 e. The molecule has 1 aliphatic heterocycles. The molecule has 2 aromatic carbocycles. The predicted octanol–water partition coefficient (Wildman–Crippen LogP) is 3.45. The molecule has 4 rings (SSSR count). The van der Waals surface area contributed by atoms with E-state index in [9.17, 15) is 9.59 Å². The number of H-pyrrole nitrogens is 1. The summed E-state index contributed by atoms with van der Waals surface area (Å²) in [6.45, 7) is 1.16. The van der Waals surface area contributed by atoms with Crippen molar-refractivity contribution in [2.75, 3.05) is 18.4 Å². The molecule has 6 nitrogen and oxygen atoms in total. The van der Waals surface area contributed by atoms with Gasteiger partial charge in [0, 0.05) is 25.1 Å². The van der Waals surface area contributed by atoms with Crippen molar-refractivity contribution in [3.05, 3.63) is 66.2 Å². The molecule has 28 heavy (non-hydrogen) atoms. The molecule has 2 N–H and O–H groups in total. The van der Waals surface area contributed by atoms with Crippen LogP contribution in [0.4, 0.5) is 5.95 Å². The minimum absolute atomic E-state index is 0.0139. The molecule has 0 spiro atoms. The molecule has 6 heteroatoms. The number of amides is 2. The molecule has 1 fully saturated rings. The lowest BCUT2D eigenvalue weighted by atomic mass is 9.96. The third-order valence-corrected chi connectivity index (χ3v) is 5.03. The zero-order valence-corrected chi connectivity index (χ0v) is 15.5. The van der Waals surface area contributed by atoms with Crippen LogP contribution in [0, 0.1) is 5.92 Å². The number of carbonyl (C=O) groups excluding carboxylic acids is 2. The second-order valence-electron chi connectivity index (χ2n) is 6.94. The Morgan fingerprint density at radius 3 is 2.50 bits per heavy atom. The van der Waals surface area contributed by atoms with Gasteiger partial charge in [0.15, 0.2) is 0 Å². The molecule has 0 bridgehead atoms. The van der Waals surface area contributed by atoms with Crippen LogP contribution in [0.15, 0.2) is 60.7 Å². The summed E-state index contributed by atoms with van der Waals surface area (Å²) in [5, 5.41) is 2.87. The Balaban J connectivity index is 1.30. The zero-order valence-electron chi connectivity index (χ0n) is 15.5. The normalized spacial score (nSPS) is 15.2. The quantitative estimate of drug-likeness (QED) is 0.687. The van der Waals surface area contributed by atoms with E-state index in [1.165, 1.54) is 0 Å². The highest BCUT2D eigenvalue weighted by Gasteiger charge is 2.27. The van der Waals surface area contributed by atoms with Gasteiger partial charge in [0.25, 0.3) is 0 Å². The number of hydrogen-bond acceptors (Lipinski definition) is 3. The largest absolute Gasteiger partial charge is 0.339 e. The van der Waals surface area contributed by atoms with E-state index in [2.05, 4.69) is 15.3 Å². The van der Waals surface area contributed by atoms with E-state index in [-0.39, 0.29) is 17.7 Å². The van der Waals surface area contributed by atoms with Gasteiger partial charge in [-0.15, -0.1) is 0 Å². The third kappa shape index (κ3) is 4.11. The van der Waals surface area contributed by atoms with Gasteiger partial charge in [-0.3, -0.25) is 14.9 Å². The maximum atomic E-state index is 12.5. The number of nitrogens with zero attached hydrogens (tertiary/aromatic N) is 2. The van der Waals surface area contributed by atoms with E-state index < -0.39 is 0 Å². The molecular weight excluding hydrogens is 352 g/mol. The van der Waals surface area contributed by atoms with Crippen LogP contribution in [0.5, 0.6) is 0 Å². The third-order valence-electron chi connectivity index (χ3n) is 5.03. The van der Waals surface area contributed by atoms with Gasteiger partial charge >= 0.3 is 0 Å². The Morgan fingerprint density at radius 2 is 1.75 bits per heavy atom. The van der Waals surface area contributed by atoms with Crippen molar-refractivity contribution in [2.24, 2.45) is 5.92 Å². The number of anilines is 1. The first-order valence-corrected chi connectivity index (χ1v) is 9.47. The van der Waals surface area contributed by atoms with Crippen molar-refractivity contribution in [3.63, 3.8) is 0 Å². The molecule has 0 aliphatic carbocycles. The van der Waals surface area contributed by atoms with E-state index in [1.807, 2.05) is 60.7 Å². The average molecular weight is 374 g/mol. The minimum atomic E-state index is -0.115. The first-order chi connectivity index (χ1) is 13.7. The topological polar surface area (TPSA) is 78.1 Å². The highest BCUT2D eigenvalue weighted by molar-refractivity contribution is 5.94. The van der Waals surface area contributed by atoms with Crippen LogP contribution in [0.2, 0.25) is 0 Å². The molecule has 0 unspecified atom stereocenters. The summed E-state index contributed by atoms with van der Waals surface area (Å²) in [5.74, 6) is 0.289. The number of para-hydroxylation sites is 2. The number of hydrogen-bond donors (Lipinski definition) is 2. The van der Waals surface area contributed by atoms with Crippen molar-refractivity contribution < 1.29 is 9.59 Å². The van der Waals surface area contributed by atoms with Gasteiger partial charge in [0.2, 0.25) is 17.8 Å². The zero-order chi connectivity index (χ0) is 19.3. The van der Waals surface area contributed by atoms with E-state index >= 15 is 0 Å². The van der Waals surface area contributed by atoms with Crippen LogP contribution in [0.1, 0.15) is 18.4 Å². The Morgan fingerprint density at radius 1 is 1.04 bits per heavy atom. The Hall–Kier alpha value is -3.41.